The Morgan fingerprint density at radius 1 is 1.09 bits per heavy atom. The number of rotatable bonds is 6. The summed E-state index contributed by atoms with van der Waals surface area (Å²) < 4.78 is 5.62. The first-order valence-electron chi connectivity index (χ1n) is 11.3. The summed E-state index contributed by atoms with van der Waals surface area (Å²) in [6.45, 7) is 2.05. The molecule has 1 N–H and O–H groups in total. The Morgan fingerprint density at radius 3 is 2.62 bits per heavy atom. The highest BCUT2D eigenvalue weighted by Gasteiger charge is 2.36. The van der Waals surface area contributed by atoms with E-state index >= 15 is 0 Å². The molecule has 0 saturated heterocycles. The number of hydrogen-bond donors (Lipinski definition) is 1. The smallest absolute Gasteiger partial charge is 0.259 e. The van der Waals surface area contributed by atoms with E-state index in [9.17, 15) is 4.79 Å². The molecule has 1 aromatic carbocycles. The molecule has 2 aliphatic carbocycles. The summed E-state index contributed by atoms with van der Waals surface area (Å²) >= 11 is 0. The van der Waals surface area contributed by atoms with Crippen molar-refractivity contribution in [3.8, 4) is 11.3 Å². The monoisotopic (exact) mass is 424 g/mol. The van der Waals surface area contributed by atoms with E-state index < -0.39 is 0 Å². The van der Waals surface area contributed by atoms with Crippen LogP contribution in [0.15, 0.2) is 59.3 Å². The fourth-order valence-electron chi connectivity index (χ4n) is 4.34. The van der Waals surface area contributed by atoms with Crippen molar-refractivity contribution in [3.05, 3.63) is 77.2 Å². The number of carbonyl (C=O) groups is 1. The SMILES string of the molecule is Cc1ccnc(C(NC(=O)c2cc(C3CC3)nc3onc(-c4ccccc4)c23)C2CC2)c1. The first kappa shape index (κ1) is 19.2. The number of benzene rings is 1. The van der Waals surface area contributed by atoms with E-state index in [4.69, 9.17) is 9.51 Å². The maximum Gasteiger partial charge on any atom is 0.259 e. The molecule has 6 rings (SSSR count). The standard InChI is InChI=1S/C26H24N4O2/c1-15-11-12-27-21(13-15)23(18-9-10-18)29-25(31)19-14-20(16-7-8-16)28-26-22(19)24(30-32-26)17-5-3-2-4-6-17/h2-6,11-14,16,18,23H,7-10H2,1H3,(H,29,31). The lowest BCUT2D eigenvalue weighted by Gasteiger charge is -2.19. The number of pyridine rings is 2. The van der Waals surface area contributed by atoms with Gasteiger partial charge in [-0.05, 0) is 62.3 Å². The summed E-state index contributed by atoms with van der Waals surface area (Å²) in [5.74, 6) is 0.693. The molecule has 2 saturated carbocycles. The summed E-state index contributed by atoms with van der Waals surface area (Å²) in [5, 5.41) is 8.25. The van der Waals surface area contributed by atoms with Gasteiger partial charge in [-0.15, -0.1) is 0 Å². The zero-order valence-corrected chi connectivity index (χ0v) is 17.9. The molecule has 6 heteroatoms. The van der Waals surface area contributed by atoms with Gasteiger partial charge in [-0.3, -0.25) is 9.78 Å². The summed E-state index contributed by atoms with van der Waals surface area (Å²) in [7, 11) is 0. The topological polar surface area (TPSA) is 80.9 Å². The first-order chi connectivity index (χ1) is 15.7. The molecule has 1 unspecified atom stereocenters. The molecule has 0 radical (unpaired) electrons. The Labute approximate surface area is 186 Å². The van der Waals surface area contributed by atoms with Gasteiger partial charge in [0.05, 0.1) is 22.7 Å². The Morgan fingerprint density at radius 2 is 1.91 bits per heavy atom. The molecule has 3 aromatic heterocycles. The minimum absolute atomic E-state index is 0.102. The summed E-state index contributed by atoms with van der Waals surface area (Å²) in [6, 6.07) is 15.7. The second kappa shape index (κ2) is 7.55. The zero-order valence-electron chi connectivity index (χ0n) is 17.9. The Kier molecular flexibility index (Phi) is 4.52. The molecule has 0 aliphatic heterocycles. The third-order valence-electron chi connectivity index (χ3n) is 6.39. The van der Waals surface area contributed by atoms with Crippen molar-refractivity contribution in [1.29, 1.82) is 0 Å². The van der Waals surface area contributed by atoms with Gasteiger partial charge in [-0.2, -0.15) is 0 Å². The molecule has 0 spiro atoms. The number of nitrogens with one attached hydrogen (secondary N) is 1. The van der Waals surface area contributed by atoms with E-state index in [0.717, 1.165) is 48.2 Å². The van der Waals surface area contributed by atoms with Crippen LogP contribution in [0.3, 0.4) is 0 Å². The molecule has 32 heavy (non-hydrogen) atoms. The Balaban J connectivity index is 1.44. The van der Waals surface area contributed by atoms with Crippen molar-refractivity contribution in [2.45, 2.75) is 44.6 Å². The molecule has 6 nitrogen and oxygen atoms in total. The minimum atomic E-state index is -0.125. The van der Waals surface area contributed by atoms with Gasteiger partial charge in [0.25, 0.3) is 11.6 Å². The lowest BCUT2D eigenvalue weighted by atomic mass is 10.0. The molecule has 1 amide bonds. The van der Waals surface area contributed by atoms with Gasteiger partial charge in [0, 0.05) is 23.4 Å². The van der Waals surface area contributed by atoms with Crippen molar-refractivity contribution < 1.29 is 9.32 Å². The third kappa shape index (κ3) is 3.55. The van der Waals surface area contributed by atoms with Crippen LogP contribution in [0, 0.1) is 12.8 Å². The van der Waals surface area contributed by atoms with Crippen LogP contribution in [-0.4, -0.2) is 21.0 Å². The van der Waals surface area contributed by atoms with Crippen LogP contribution in [0.2, 0.25) is 0 Å². The lowest BCUT2D eigenvalue weighted by molar-refractivity contribution is 0.0932. The number of carbonyl (C=O) groups excluding carboxylic acids is 1. The fourth-order valence-corrected chi connectivity index (χ4v) is 4.34. The van der Waals surface area contributed by atoms with Crippen molar-refractivity contribution in [2.75, 3.05) is 0 Å². The molecule has 1 atom stereocenters. The zero-order chi connectivity index (χ0) is 21.7. The Bertz CT molecular complexity index is 1310. The molecule has 4 aromatic rings. The Hall–Kier alpha value is -3.54. The average molecular weight is 425 g/mol. The molecule has 2 fully saturated rings. The van der Waals surface area contributed by atoms with Gasteiger partial charge >= 0.3 is 0 Å². The predicted octanol–water partition coefficient (Wildman–Crippen LogP) is 5.35. The van der Waals surface area contributed by atoms with E-state index in [-0.39, 0.29) is 11.9 Å². The number of aryl methyl sites for hydroxylation is 1. The highest BCUT2D eigenvalue weighted by molar-refractivity contribution is 6.09. The van der Waals surface area contributed by atoms with Gasteiger partial charge in [-0.1, -0.05) is 35.5 Å². The van der Waals surface area contributed by atoms with Crippen LogP contribution < -0.4 is 5.32 Å². The number of aromatic nitrogens is 3. The predicted molar refractivity (Wildman–Crippen MR) is 121 cm³/mol. The van der Waals surface area contributed by atoms with Crippen molar-refractivity contribution in [3.63, 3.8) is 0 Å². The van der Waals surface area contributed by atoms with E-state index in [1.54, 1.807) is 0 Å². The number of nitrogens with zero attached hydrogens (tertiary/aromatic N) is 3. The van der Waals surface area contributed by atoms with Crippen LogP contribution in [0.4, 0.5) is 0 Å². The molecule has 0 bridgehead atoms. The van der Waals surface area contributed by atoms with Gasteiger partial charge in [0.2, 0.25) is 0 Å². The number of amides is 1. The van der Waals surface area contributed by atoms with E-state index in [1.165, 1.54) is 0 Å². The van der Waals surface area contributed by atoms with Crippen LogP contribution in [0.5, 0.6) is 0 Å². The molecule has 160 valence electrons. The molecule has 2 aliphatic rings. The van der Waals surface area contributed by atoms with E-state index in [2.05, 4.69) is 28.4 Å². The van der Waals surface area contributed by atoms with Crippen LogP contribution in [0.1, 0.15) is 65.0 Å². The minimum Gasteiger partial charge on any atom is -0.343 e. The maximum absolute atomic E-state index is 13.7. The highest BCUT2D eigenvalue weighted by atomic mass is 16.5. The van der Waals surface area contributed by atoms with Gasteiger partial charge in [-0.25, -0.2) is 4.98 Å². The van der Waals surface area contributed by atoms with Crippen LogP contribution in [0.25, 0.3) is 22.4 Å². The van der Waals surface area contributed by atoms with Crippen molar-refractivity contribution >= 4 is 17.0 Å². The molecular weight excluding hydrogens is 400 g/mol. The molecule has 3 heterocycles. The first-order valence-corrected chi connectivity index (χ1v) is 11.3. The van der Waals surface area contributed by atoms with Crippen LogP contribution in [-0.2, 0) is 0 Å². The van der Waals surface area contributed by atoms with E-state index in [1.807, 2.05) is 48.7 Å². The number of hydrogen-bond acceptors (Lipinski definition) is 5. The third-order valence-corrected chi connectivity index (χ3v) is 6.39. The summed E-state index contributed by atoms with van der Waals surface area (Å²) in [4.78, 5) is 23.0. The lowest BCUT2D eigenvalue weighted by Crippen LogP contribution is -2.31. The van der Waals surface area contributed by atoms with Crippen molar-refractivity contribution in [2.24, 2.45) is 5.92 Å². The average Bonchev–Trinajstić information content (AvgIpc) is 3.74. The quantitative estimate of drug-likeness (QED) is 0.451. The maximum atomic E-state index is 13.7. The van der Waals surface area contributed by atoms with Gasteiger partial charge < -0.3 is 9.84 Å². The summed E-state index contributed by atoms with van der Waals surface area (Å²) in [5.41, 5.74) is 5.53. The normalized spacial score (nSPS) is 16.8. The molecular formula is C26H24N4O2. The van der Waals surface area contributed by atoms with Gasteiger partial charge in [0.15, 0.2) is 0 Å². The second-order valence-electron chi connectivity index (χ2n) is 8.99. The van der Waals surface area contributed by atoms with Crippen LogP contribution >= 0.6 is 0 Å². The second-order valence-corrected chi connectivity index (χ2v) is 8.99. The fraction of sp³-hybridized carbons (Fsp3) is 0.308. The highest BCUT2D eigenvalue weighted by Crippen LogP contribution is 2.43. The number of fused-ring (bicyclic) bond motifs is 1. The van der Waals surface area contributed by atoms with Gasteiger partial charge in [0.1, 0.15) is 5.69 Å². The van der Waals surface area contributed by atoms with Crippen molar-refractivity contribution in [1.82, 2.24) is 20.4 Å². The van der Waals surface area contributed by atoms with E-state index in [0.29, 0.717) is 34.2 Å². The largest absolute Gasteiger partial charge is 0.343 e. The summed E-state index contributed by atoms with van der Waals surface area (Å²) in [6.07, 6.45) is 6.20.